The molecular formula is C18H13I2NO3S. The Morgan fingerprint density at radius 1 is 1.16 bits per heavy atom. The molecule has 2 amide bonds. The molecule has 25 heavy (non-hydrogen) atoms. The topological polar surface area (TPSA) is 57.6 Å². The minimum atomic E-state index is -0.281. The first-order valence-corrected chi connectivity index (χ1v) is 10.3. The molecule has 128 valence electrons. The molecule has 0 unspecified atom stereocenters. The van der Waals surface area contributed by atoms with Crippen LogP contribution in [0, 0.1) is 14.1 Å². The quantitative estimate of drug-likeness (QED) is 0.406. The largest absolute Gasteiger partial charge is 0.506 e. The number of thioether (sulfide) groups is 1. The van der Waals surface area contributed by atoms with Crippen molar-refractivity contribution in [1.29, 1.82) is 0 Å². The molecule has 1 fully saturated rings. The Morgan fingerprint density at radius 3 is 2.44 bits per heavy atom. The van der Waals surface area contributed by atoms with Crippen LogP contribution in [0.5, 0.6) is 5.75 Å². The average molecular weight is 577 g/mol. The van der Waals surface area contributed by atoms with E-state index in [4.69, 9.17) is 0 Å². The number of halogens is 2. The van der Waals surface area contributed by atoms with Crippen LogP contribution in [0.25, 0.3) is 6.08 Å². The molecule has 0 saturated carbocycles. The second-order valence-electron chi connectivity index (χ2n) is 5.53. The highest BCUT2D eigenvalue weighted by molar-refractivity contribution is 14.1. The maximum atomic E-state index is 12.6. The Balaban J connectivity index is 1.87. The van der Waals surface area contributed by atoms with E-state index in [1.54, 1.807) is 18.2 Å². The van der Waals surface area contributed by atoms with E-state index in [1.165, 1.54) is 4.90 Å². The van der Waals surface area contributed by atoms with Crippen molar-refractivity contribution in [2.24, 2.45) is 0 Å². The number of aryl methyl sites for hydroxylation is 1. The van der Waals surface area contributed by atoms with E-state index >= 15 is 0 Å². The highest BCUT2D eigenvalue weighted by Gasteiger charge is 2.35. The highest BCUT2D eigenvalue weighted by Crippen LogP contribution is 2.35. The molecular weight excluding hydrogens is 564 g/mol. The van der Waals surface area contributed by atoms with Gasteiger partial charge in [-0.15, -0.1) is 0 Å². The van der Waals surface area contributed by atoms with Crippen LogP contribution in [-0.4, -0.2) is 21.2 Å². The standard InChI is InChI=1S/C18H13I2NO3S/c1-10-4-2-3-5-12(10)9-21-17(23)15(25-18(21)24)8-11-6-13(19)16(22)14(20)7-11/h2-8,22H,9H2,1H3/b15-8-. The minimum absolute atomic E-state index is 0.228. The van der Waals surface area contributed by atoms with Gasteiger partial charge in [0.15, 0.2) is 0 Å². The Bertz CT molecular complexity index is 888. The van der Waals surface area contributed by atoms with Gasteiger partial charge in [0.2, 0.25) is 0 Å². The van der Waals surface area contributed by atoms with Crippen LogP contribution in [0.15, 0.2) is 41.3 Å². The Morgan fingerprint density at radius 2 is 1.80 bits per heavy atom. The molecule has 1 aliphatic rings. The molecule has 2 aromatic rings. The molecule has 0 aliphatic carbocycles. The van der Waals surface area contributed by atoms with Crippen LogP contribution in [0.3, 0.4) is 0 Å². The first kappa shape index (κ1) is 18.7. The summed E-state index contributed by atoms with van der Waals surface area (Å²) < 4.78 is 1.41. The summed E-state index contributed by atoms with van der Waals surface area (Å²) in [5.74, 6) is -0.0534. The fraction of sp³-hybridized carbons (Fsp3) is 0.111. The van der Waals surface area contributed by atoms with Gasteiger partial charge >= 0.3 is 0 Å². The number of hydrogen-bond acceptors (Lipinski definition) is 4. The van der Waals surface area contributed by atoms with Crippen molar-refractivity contribution in [3.63, 3.8) is 0 Å². The SMILES string of the molecule is Cc1ccccc1CN1C(=O)S/C(=C\c2cc(I)c(O)c(I)c2)C1=O. The number of benzene rings is 2. The van der Waals surface area contributed by atoms with Gasteiger partial charge in [0, 0.05) is 0 Å². The van der Waals surface area contributed by atoms with Gasteiger partial charge in [-0.05, 0) is 98.8 Å². The molecule has 4 nitrogen and oxygen atoms in total. The van der Waals surface area contributed by atoms with Crippen LogP contribution in [-0.2, 0) is 11.3 Å². The molecule has 1 heterocycles. The van der Waals surface area contributed by atoms with E-state index in [1.807, 2.05) is 76.4 Å². The Hall–Kier alpha value is -1.07. The van der Waals surface area contributed by atoms with Crippen LogP contribution in [0.1, 0.15) is 16.7 Å². The number of carbonyl (C=O) groups is 2. The number of amides is 2. The minimum Gasteiger partial charge on any atom is -0.506 e. The molecule has 2 aromatic carbocycles. The third-order valence-electron chi connectivity index (χ3n) is 3.80. The zero-order chi connectivity index (χ0) is 18.1. The summed E-state index contributed by atoms with van der Waals surface area (Å²) in [4.78, 5) is 26.6. The number of nitrogens with zero attached hydrogens (tertiary/aromatic N) is 1. The van der Waals surface area contributed by atoms with Crippen LogP contribution >= 0.6 is 56.9 Å². The normalized spacial score (nSPS) is 16.1. The summed E-state index contributed by atoms with van der Waals surface area (Å²) in [5, 5.41) is 9.59. The van der Waals surface area contributed by atoms with Crippen molar-refractivity contribution in [1.82, 2.24) is 4.90 Å². The molecule has 7 heteroatoms. The monoisotopic (exact) mass is 577 g/mol. The average Bonchev–Trinajstić information content (AvgIpc) is 2.82. The molecule has 1 aliphatic heterocycles. The van der Waals surface area contributed by atoms with Crippen molar-refractivity contribution in [3.8, 4) is 5.75 Å². The molecule has 0 aromatic heterocycles. The predicted octanol–water partition coefficient (Wildman–Crippen LogP) is 5.15. The van der Waals surface area contributed by atoms with E-state index < -0.39 is 0 Å². The van der Waals surface area contributed by atoms with E-state index in [-0.39, 0.29) is 23.4 Å². The lowest BCUT2D eigenvalue weighted by molar-refractivity contribution is -0.123. The number of hydrogen-bond donors (Lipinski definition) is 1. The number of phenols is 1. The van der Waals surface area contributed by atoms with Crippen LogP contribution in [0.2, 0.25) is 0 Å². The maximum absolute atomic E-state index is 12.6. The molecule has 0 atom stereocenters. The summed E-state index contributed by atoms with van der Waals surface area (Å²) in [5.41, 5.74) is 2.79. The summed E-state index contributed by atoms with van der Waals surface area (Å²) in [7, 11) is 0. The van der Waals surface area contributed by atoms with Gasteiger partial charge in [0.1, 0.15) is 5.75 Å². The van der Waals surface area contributed by atoms with Crippen molar-refractivity contribution < 1.29 is 14.7 Å². The zero-order valence-corrected chi connectivity index (χ0v) is 18.3. The van der Waals surface area contributed by atoms with Crippen molar-refractivity contribution in [2.75, 3.05) is 0 Å². The second-order valence-corrected chi connectivity index (χ2v) is 8.85. The third kappa shape index (κ3) is 4.03. The molecule has 0 radical (unpaired) electrons. The first-order chi connectivity index (χ1) is 11.9. The van der Waals surface area contributed by atoms with Gasteiger partial charge in [-0.25, -0.2) is 0 Å². The lowest BCUT2D eigenvalue weighted by Crippen LogP contribution is -2.27. The van der Waals surface area contributed by atoms with Crippen molar-refractivity contribution in [2.45, 2.75) is 13.5 Å². The van der Waals surface area contributed by atoms with E-state index in [0.717, 1.165) is 28.5 Å². The maximum Gasteiger partial charge on any atom is 0.293 e. The predicted molar refractivity (Wildman–Crippen MR) is 116 cm³/mol. The van der Waals surface area contributed by atoms with E-state index in [0.29, 0.717) is 12.0 Å². The third-order valence-corrected chi connectivity index (χ3v) is 6.35. The summed E-state index contributed by atoms with van der Waals surface area (Å²) >= 11 is 5.03. The van der Waals surface area contributed by atoms with Crippen molar-refractivity contribution >= 4 is 74.2 Å². The van der Waals surface area contributed by atoms with Gasteiger partial charge in [0.05, 0.1) is 18.6 Å². The number of aromatic hydroxyl groups is 1. The van der Waals surface area contributed by atoms with Crippen molar-refractivity contribution in [3.05, 3.63) is 65.1 Å². The van der Waals surface area contributed by atoms with Crippen LogP contribution in [0.4, 0.5) is 4.79 Å². The number of carbonyl (C=O) groups excluding carboxylic acids is 2. The first-order valence-electron chi connectivity index (χ1n) is 7.34. The van der Waals surface area contributed by atoms with Gasteiger partial charge in [0.25, 0.3) is 11.1 Å². The van der Waals surface area contributed by atoms with E-state index in [2.05, 4.69) is 0 Å². The highest BCUT2D eigenvalue weighted by atomic mass is 127. The molecule has 0 bridgehead atoms. The second kappa shape index (κ2) is 7.67. The van der Waals surface area contributed by atoms with Gasteiger partial charge in [-0.2, -0.15) is 0 Å². The van der Waals surface area contributed by atoms with Gasteiger partial charge in [-0.3, -0.25) is 14.5 Å². The fourth-order valence-electron chi connectivity index (χ4n) is 2.41. The fourth-order valence-corrected chi connectivity index (χ4v) is 5.07. The zero-order valence-electron chi connectivity index (χ0n) is 13.1. The van der Waals surface area contributed by atoms with Gasteiger partial charge in [-0.1, -0.05) is 24.3 Å². The summed E-state index contributed by atoms with van der Waals surface area (Å²) in [6.45, 7) is 2.24. The molecule has 1 N–H and O–H groups in total. The summed E-state index contributed by atoms with van der Waals surface area (Å²) in [6.07, 6.45) is 1.70. The molecule has 3 rings (SSSR count). The lowest BCUT2D eigenvalue weighted by Gasteiger charge is -2.14. The Kier molecular flexibility index (Phi) is 5.74. The molecule has 1 saturated heterocycles. The lowest BCUT2D eigenvalue weighted by atomic mass is 10.1. The summed E-state index contributed by atoms with van der Waals surface area (Å²) in [6, 6.07) is 11.3. The van der Waals surface area contributed by atoms with Gasteiger partial charge < -0.3 is 5.11 Å². The number of phenolic OH excluding ortho intramolecular Hbond substituents is 1. The number of imide groups is 1. The van der Waals surface area contributed by atoms with E-state index in [9.17, 15) is 14.7 Å². The Labute approximate surface area is 177 Å². The smallest absolute Gasteiger partial charge is 0.293 e. The molecule has 0 spiro atoms. The van der Waals surface area contributed by atoms with Crippen LogP contribution < -0.4 is 0 Å². The number of rotatable bonds is 3.